The third-order valence-corrected chi connectivity index (χ3v) is 2.42. The van der Waals surface area contributed by atoms with E-state index in [-0.39, 0.29) is 0 Å². The zero-order chi connectivity index (χ0) is 10.0. The molecular formula is C12H12O2. The molecule has 0 aliphatic carbocycles. The first-order valence-corrected chi connectivity index (χ1v) is 4.52. The Morgan fingerprint density at radius 3 is 2.36 bits per heavy atom. The van der Waals surface area contributed by atoms with Gasteiger partial charge in [0.05, 0.1) is 12.5 Å². The average molecular weight is 188 g/mol. The van der Waals surface area contributed by atoms with Gasteiger partial charge in [-0.2, -0.15) is 0 Å². The maximum atomic E-state index is 10.3. The molecule has 0 saturated heterocycles. The van der Waals surface area contributed by atoms with Gasteiger partial charge in [0.25, 0.3) is 0 Å². The number of aliphatic hydroxyl groups is 1. The first kappa shape index (κ1) is 9.03. The number of hydrogen-bond acceptors (Lipinski definition) is 2. The summed E-state index contributed by atoms with van der Waals surface area (Å²) in [5.74, 6) is 0. The minimum atomic E-state index is -0.978. The fourth-order valence-electron chi connectivity index (χ4n) is 1.47. The van der Waals surface area contributed by atoms with E-state index in [0.29, 0.717) is 0 Å². The first-order valence-electron chi connectivity index (χ1n) is 4.52. The van der Waals surface area contributed by atoms with Crippen LogP contribution in [0.3, 0.4) is 0 Å². The molecule has 0 saturated carbocycles. The van der Waals surface area contributed by atoms with Gasteiger partial charge in [-0.1, -0.05) is 30.3 Å². The molecule has 72 valence electrons. The van der Waals surface area contributed by atoms with Crippen LogP contribution in [0.15, 0.2) is 53.3 Å². The van der Waals surface area contributed by atoms with Gasteiger partial charge in [-0.05, 0) is 18.6 Å². The summed E-state index contributed by atoms with van der Waals surface area (Å²) in [6.45, 7) is 1.76. The number of rotatable bonds is 2. The standard InChI is InChI=1S/C12H12O2/c1-12(13,11-7-8-14-9-11)10-5-3-2-4-6-10/h2-9,13H,1H3. The Kier molecular flexibility index (Phi) is 2.14. The molecule has 1 aromatic heterocycles. The second-order valence-electron chi connectivity index (χ2n) is 3.45. The van der Waals surface area contributed by atoms with Crippen LogP contribution in [-0.4, -0.2) is 5.11 Å². The van der Waals surface area contributed by atoms with Gasteiger partial charge in [0.2, 0.25) is 0 Å². The highest BCUT2D eigenvalue weighted by Crippen LogP contribution is 2.28. The smallest absolute Gasteiger partial charge is 0.115 e. The van der Waals surface area contributed by atoms with E-state index in [0.717, 1.165) is 11.1 Å². The quantitative estimate of drug-likeness (QED) is 0.785. The summed E-state index contributed by atoms with van der Waals surface area (Å²) in [7, 11) is 0. The normalized spacial score (nSPS) is 15.0. The molecule has 0 fully saturated rings. The number of hydrogen-bond donors (Lipinski definition) is 1. The van der Waals surface area contributed by atoms with Crippen molar-refractivity contribution >= 4 is 0 Å². The second kappa shape index (κ2) is 3.31. The van der Waals surface area contributed by atoms with E-state index in [4.69, 9.17) is 4.42 Å². The highest BCUT2D eigenvalue weighted by atomic mass is 16.3. The molecule has 1 unspecified atom stereocenters. The van der Waals surface area contributed by atoms with Crippen LogP contribution >= 0.6 is 0 Å². The van der Waals surface area contributed by atoms with Crippen molar-refractivity contribution < 1.29 is 9.52 Å². The van der Waals surface area contributed by atoms with Crippen molar-refractivity contribution in [1.29, 1.82) is 0 Å². The van der Waals surface area contributed by atoms with E-state index in [1.165, 1.54) is 0 Å². The monoisotopic (exact) mass is 188 g/mol. The van der Waals surface area contributed by atoms with Crippen molar-refractivity contribution in [2.75, 3.05) is 0 Å². The Morgan fingerprint density at radius 1 is 1.07 bits per heavy atom. The lowest BCUT2D eigenvalue weighted by atomic mass is 9.90. The summed E-state index contributed by atoms with van der Waals surface area (Å²) in [4.78, 5) is 0. The van der Waals surface area contributed by atoms with Gasteiger partial charge < -0.3 is 9.52 Å². The predicted octanol–water partition coefficient (Wildman–Crippen LogP) is 2.54. The van der Waals surface area contributed by atoms with Gasteiger partial charge >= 0.3 is 0 Å². The topological polar surface area (TPSA) is 33.4 Å². The van der Waals surface area contributed by atoms with Crippen LogP contribution < -0.4 is 0 Å². The van der Waals surface area contributed by atoms with Gasteiger partial charge in [-0.15, -0.1) is 0 Å². The fourth-order valence-corrected chi connectivity index (χ4v) is 1.47. The van der Waals surface area contributed by atoms with Crippen molar-refractivity contribution in [1.82, 2.24) is 0 Å². The van der Waals surface area contributed by atoms with E-state index >= 15 is 0 Å². The maximum absolute atomic E-state index is 10.3. The van der Waals surface area contributed by atoms with Crippen molar-refractivity contribution in [2.45, 2.75) is 12.5 Å². The van der Waals surface area contributed by atoms with Crippen molar-refractivity contribution in [3.63, 3.8) is 0 Å². The third kappa shape index (κ3) is 1.44. The van der Waals surface area contributed by atoms with Crippen LogP contribution in [0, 0.1) is 0 Å². The minimum Gasteiger partial charge on any atom is -0.472 e. The molecule has 14 heavy (non-hydrogen) atoms. The molecular weight excluding hydrogens is 176 g/mol. The SMILES string of the molecule is CC(O)(c1ccccc1)c1ccoc1. The molecule has 1 aromatic carbocycles. The second-order valence-corrected chi connectivity index (χ2v) is 3.45. The molecule has 1 atom stereocenters. The van der Waals surface area contributed by atoms with Crippen LogP contribution in [-0.2, 0) is 5.60 Å². The molecule has 0 radical (unpaired) electrons. The molecule has 0 amide bonds. The molecule has 0 spiro atoms. The maximum Gasteiger partial charge on any atom is 0.115 e. The molecule has 0 bridgehead atoms. The van der Waals surface area contributed by atoms with Crippen molar-refractivity contribution in [2.24, 2.45) is 0 Å². The van der Waals surface area contributed by atoms with Crippen molar-refractivity contribution in [3.05, 3.63) is 60.1 Å². The molecule has 2 heteroatoms. The van der Waals surface area contributed by atoms with Crippen molar-refractivity contribution in [3.8, 4) is 0 Å². The first-order chi connectivity index (χ1) is 6.71. The average Bonchev–Trinajstić information content (AvgIpc) is 2.72. The fraction of sp³-hybridized carbons (Fsp3) is 0.167. The minimum absolute atomic E-state index is 0.767. The van der Waals surface area contributed by atoms with Gasteiger partial charge in [0, 0.05) is 5.56 Å². The summed E-state index contributed by atoms with van der Waals surface area (Å²) >= 11 is 0. The zero-order valence-corrected chi connectivity index (χ0v) is 7.97. The molecule has 2 rings (SSSR count). The Bertz CT molecular complexity index is 388. The summed E-state index contributed by atoms with van der Waals surface area (Å²) in [6.07, 6.45) is 3.12. The molecule has 1 heterocycles. The van der Waals surface area contributed by atoms with Gasteiger partial charge in [0.15, 0.2) is 0 Å². The van der Waals surface area contributed by atoms with Gasteiger partial charge in [-0.25, -0.2) is 0 Å². The summed E-state index contributed by atoms with van der Waals surface area (Å²) in [5.41, 5.74) is 0.652. The predicted molar refractivity (Wildman–Crippen MR) is 53.8 cm³/mol. The highest BCUT2D eigenvalue weighted by Gasteiger charge is 2.25. The largest absolute Gasteiger partial charge is 0.472 e. The highest BCUT2D eigenvalue weighted by molar-refractivity contribution is 5.32. The van der Waals surface area contributed by atoms with Gasteiger partial charge in [0.1, 0.15) is 5.60 Å². The summed E-state index contributed by atoms with van der Waals surface area (Å²) in [6, 6.07) is 11.3. The van der Waals surface area contributed by atoms with Crippen LogP contribution in [0.1, 0.15) is 18.1 Å². The van der Waals surface area contributed by atoms with Gasteiger partial charge in [-0.3, -0.25) is 0 Å². The molecule has 2 aromatic rings. The van der Waals surface area contributed by atoms with E-state index in [2.05, 4.69) is 0 Å². The van der Waals surface area contributed by atoms with E-state index < -0.39 is 5.60 Å². The van der Waals surface area contributed by atoms with Crippen LogP contribution in [0.2, 0.25) is 0 Å². The lowest BCUT2D eigenvalue weighted by Gasteiger charge is -2.22. The Labute approximate surface area is 82.8 Å². The third-order valence-electron chi connectivity index (χ3n) is 2.42. The Morgan fingerprint density at radius 2 is 1.79 bits per heavy atom. The Balaban J connectivity index is 2.43. The van der Waals surface area contributed by atoms with Crippen LogP contribution in [0.5, 0.6) is 0 Å². The van der Waals surface area contributed by atoms with Crippen LogP contribution in [0.4, 0.5) is 0 Å². The number of furan rings is 1. The lowest BCUT2D eigenvalue weighted by Crippen LogP contribution is -2.21. The Hall–Kier alpha value is -1.54. The lowest BCUT2D eigenvalue weighted by molar-refractivity contribution is 0.101. The molecule has 0 aliphatic rings. The van der Waals surface area contributed by atoms with E-state index in [1.807, 2.05) is 30.3 Å². The number of benzene rings is 1. The van der Waals surface area contributed by atoms with Crippen LogP contribution in [0.25, 0.3) is 0 Å². The molecule has 0 aliphatic heterocycles. The molecule has 2 nitrogen and oxygen atoms in total. The van der Waals surface area contributed by atoms with E-state index in [9.17, 15) is 5.11 Å². The summed E-state index contributed by atoms with van der Waals surface area (Å²) in [5, 5.41) is 10.3. The molecule has 1 N–H and O–H groups in total. The zero-order valence-electron chi connectivity index (χ0n) is 7.97. The summed E-state index contributed by atoms with van der Waals surface area (Å²) < 4.78 is 4.96. The van der Waals surface area contributed by atoms with E-state index in [1.54, 1.807) is 25.5 Å².